The van der Waals surface area contributed by atoms with E-state index < -0.39 is 35.8 Å². The lowest BCUT2D eigenvalue weighted by Crippen LogP contribution is -2.71. The van der Waals surface area contributed by atoms with Gasteiger partial charge in [0, 0.05) is 37.3 Å². The molecule has 2 fully saturated rings. The molecule has 0 aromatic heterocycles. The Kier molecular flexibility index (Phi) is 8.82. The molecule has 216 valence electrons. The SMILES string of the molecule is NCCCC[C@H]1C(=O)N(Cc2ccccc2F)C[C@@H]2N(C(=O)NCc3cc(N)cc(C(F)(F)F)c3)CCC(=O)N21. The normalized spacial score (nSPS) is 19.6. The second kappa shape index (κ2) is 12.1. The number of benzene rings is 2. The summed E-state index contributed by atoms with van der Waals surface area (Å²) in [5.74, 6) is -1.10. The van der Waals surface area contributed by atoms with Gasteiger partial charge in [0.25, 0.3) is 0 Å². The van der Waals surface area contributed by atoms with Crippen LogP contribution in [0, 0.1) is 5.82 Å². The maximum absolute atomic E-state index is 14.4. The van der Waals surface area contributed by atoms with Crippen LogP contribution in [-0.2, 0) is 28.9 Å². The van der Waals surface area contributed by atoms with E-state index in [0.29, 0.717) is 31.4 Å². The van der Waals surface area contributed by atoms with Crippen molar-refractivity contribution in [3.05, 3.63) is 65.0 Å². The summed E-state index contributed by atoms with van der Waals surface area (Å²) in [6, 6.07) is 7.64. The number of nitrogens with two attached hydrogens (primary N) is 2. The van der Waals surface area contributed by atoms with Gasteiger partial charge >= 0.3 is 12.2 Å². The molecule has 0 spiro atoms. The van der Waals surface area contributed by atoms with Crippen LogP contribution in [0.15, 0.2) is 42.5 Å². The first-order chi connectivity index (χ1) is 19.0. The molecule has 5 N–H and O–H groups in total. The van der Waals surface area contributed by atoms with Gasteiger partial charge in [-0.25, -0.2) is 9.18 Å². The lowest BCUT2D eigenvalue weighted by atomic mass is 9.98. The van der Waals surface area contributed by atoms with Crippen LogP contribution in [0.5, 0.6) is 0 Å². The van der Waals surface area contributed by atoms with Gasteiger partial charge < -0.3 is 31.5 Å². The number of fused-ring (bicyclic) bond motifs is 1. The average molecular weight is 565 g/mol. The van der Waals surface area contributed by atoms with Crippen molar-refractivity contribution in [3.8, 4) is 0 Å². The van der Waals surface area contributed by atoms with Crippen molar-refractivity contribution in [1.29, 1.82) is 0 Å². The zero-order valence-corrected chi connectivity index (χ0v) is 21.8. The Morgan fingerprint density at radius 2 is 1.85 bits per heavy atom. The fourth-order valence-corrected chi connectivity index (χ4v) is 5.21. The molecule has 2 saturated heterocycles. The van der Waals surface area contributed by atoms with E-state index in [4.69, 9.17) is 11.5 Å². The van der Waals surface area contributed by atoms with Gasteiger partial charge in [-0.1, -0.05) is 18.2 Å². The van der Waals surface area contributed by atoms with Gasteiger partial charge in [0.2, 0.25) is 11.8 Å². The Morgan fingerprint density at radius 3 is 2.55 bits per heavy atom. The van der Waals surface area contributed by atoms with E-state index in [0.717, 1.165) is 12.1 Å². The summed E-state index contributed by atoms with van der Waals surface area (Å²) >= 11 is 0. The van der Waals surface area contributed by atoms with Gasteiger partial charge in [0.1, 0.15) is 18.0 Å². The van der Waals surface area contributed by atoms with Gasteiger partial charge in [-0.05, 0) is 55.6 Å². The molecule has 2 aliphatic heterocycles. The molecule has 40 heavy (non-hydrogen) atoms. The number of carbonyl (C=O) groups is 3. The molecule has 0 unspecified atom stereocenters. The fourth-order valence-electron chi connectivity index (χ4n) is 5.21. The highest BCUT2D eigenvalue weighted by atomic mass is 19.4. The molecule has 13 heteroatoms. The zero-order chi connectivity index (χ0) is 29.0. The van der Waals surface area contributed by atoms with E-state index in [-0.39, 0.29) is 55.7 Å². The summed E-state index contributed by atoms with van der Waals surface area (Å²) in [7, 11) is 0. The summed E-state index contributed by atoms with van der Waals surface area (Å²) in [5, 5.41) is 2.62. The molecule has 2 atom stereocenters. The lowest BCUT2D eigenvalue weighted by molar-refractivity contribution is -0.167. The lowest BCUT2D eigenvalue weighted by Gasteiger charge is -2.52. The number of hydrogen-bond acceptors (Lipinski definition) is 5. The molecule has 0 radical (unpaired) electrons. The second-order valence-corrected chi connectivity index (χ2v) is 9.96. The highest BCUT2D eigenvalue weighted by molar-refractivity contribution is 5.91. The second-order valence-electron chi connectivity index (χ2n) is 9.96. The Morgan fingerprint density at radius 1 is 1.10 bits per heavy atom. The van der Waals surface area contributed by atoms with Crippen molar-refractivity contribution < 1.29 is 31.9 Å². The summed E-state index contributed by atoms with van der Waals surface area (Å²) in [6.45, 7) is 0.133. The van der Waals surface area contributed by atoms with Crippen molar-refractivity contribution in [2.75, 3.05) is 25.4 Å². The van der Waals surface area contributed by atoms with Gasteiger partial charge in [-0.3, -0.25) is 9.59 Å². The van der Waals surface area contributed by atoms with Crippen molar-refractivity contribution in [1.82, 2.24) is 20.0 Å². The van der Waals surface area contributed by atoms with E-state index in [1.54, 1.807) is 12.1 Å². The van der Waals surface area contributed by atoms with Crippen LogP contribution >= 0.6 is 0 Å². The summed E-state index contributed by atoms with van der Waals surface area (Å²) in [5.41, 5.74) is 10.7. The first-order valence-corrected chi connectivity index (χ1v) is 13.0. The monoisotopic (exact) mass is 564 g/mol. The Balaban J connectivity index is 1.56. The van der Waals surface area contributed by atoms with Crippen LogP contribution < -0.4 is 16.8 Å². The van der Waals surface area contributed by atoms with Crippen molar-refractivity contribution >= 4 is 23.5 Å². The third-order valence-corrected chi connectivity index (χ3v) is 7.15. The number of urea groups is 1. The van der Waals surface area contributed by atoms with Crippen molar-refractivity contribution in [2.24, 2.45) is 5.73 Å². The number of rotatable bonds is 8. The minimum Gasteiger partial charge on any atom is -0.399 e. The number of alkyl halides is 3. The number of hydrogen-bond donors (Lipinski definition) is 3. The quantitative estimate of drug-likeness (QED) is 0.258. The molecule has 0 aliphatic carbocycles. The molecule has 0 bridgehead atoms. The van der Waals surface area contributed by atoms with Gasteiger partial charge in [-0.2, -0.15) is 13.2 Å². The number of amides is 4. The van der Waals surface area contributed by atoms with Crippen molar-refractivity contribution in [2.45, 2.75) is 57.2 Å². The van der Waals surface area contributed by atoms with Crippen LogP contribution in [0.2, 0.25) is 0 Å². The molecular formula is C27H32F4N6O3. The summed E-state index contributed by atoms with van der Waals surface area (Å²) in [4.78, 5) is 44.1. The minimum atomic E-state index is -4.60. The zero-order valence-electron chi connectivity index (χ0n) is 21.8. The third-order valence-electron chi connectivity index (χ3n) is 7.15. The van der Waals surface area contributed by atoms with Gasteiger partial charge in [-0.15, -0.1) is 0 Å². The van der Waals surface area contributed by atoms with E-state index in [9.17, 15) is 31.9 Å². The Bertz CT molecular complexity index is 1260. The first-order valence-electron chi connectivity index (χ1n) is 13.0. The summed E-state index contributed by atoms with van der Waals surface area (Å²) < 4.78 is 54.1. The number of nitrogens with one attached hydrogen (secondary N) is 1. The van der Waals surface area contributed by atoms with Gasteiger partial charge in [0.15, 0.2) is 0 Å². The van der Waals surface area contributed by atoms with Gasteiger partial charge in [0.05, 0.1) is 12.1 Å². The Hall–Kier alpha value is -3.87. The molecule has 4 rings (SSSR count). The van der Waals surface area contributed by atoms with E-state index in [1.165, 1.54) is 32.9 Å². The standard InChI is InChI=1S/C27H32F4N6O3/c28-21-6-2-1-5-18(21)15-35-16-23-36(10-8-24(38)37(23)22(25(35)39)7-3-4-9-32)26(40)34-14-17-11-19(27(29,30)31)13-20(33)12-17/h1-2,5-6,11-13,22-23H,3-4,7-10,14-16,32-33H2,(H,34,40)/t22-,23+/m0/s1. The molecular weight excluding hydrogens is 532 g/mol. The molecule has 2 aromatic rings. The predicted molar refractivity (Wildman–Crippen MR) is 139 cm³/mol. The van der Waals surface area contributed by atoms with E-state index in [2.05, 4.69) is 5.32 Å². The smallest absolute Gasteiger partial charge is 0.399 e. The fraction of sp³-hybridized carbons (Fsp3) is 0.444. The largest absolute Gasteiger partial charge is 0.416 e. The number of nitrogen functional groups attached to an aromatic ring is 1. The maximum atomic E-state index is 14.4. The van der Waals surface area contributed by atoms with Crippen LogP contribution in [0.3, 0.4) is 0 Å². The highest BCUT2D eigenvalue weighted by Gasteiger charge is 2.48. The number of halogens is 4. The van der Waals surface area contributed by atoms with E-state index >= 15 is 0 Å². The molecule has 2 aliphatic rings. The highest BCUT2D eigenvalue weighted by Crippen LogP contribution is 2.32. The van der Waals surface area contributed by atoms with Crippen LogP contribution in [-0.4, -0.2) is 64.4 Å². The van der Waals surface area contributed by atoms with Crippen LogP contribution in [0.1, 0.15) is 42.4 Å². The predicted octanol–water partition coefficient (Wildman–Crippen LogP) is 3.04. The molecule has 4 amide bonds. The van der Waals surface area contributed by atoms with Crippen LogP contribution in [0.25, 0.3) is 0 Å². The van der Waals surface area contributed by atoms with Crippen molar-refractivity contribution in [3.63, 3.8) is 0 Å². The molecule has 2 heterocycles. The maximum Gasteiger partial charge on any atom is 0.416 e. The first kappa shape index (κ1) is 29.1. The number of nitrogens with zero attached hydrogens (tertiary/aromatic N) is 3. The van der Waals surface area contributed by atoms with E-state index in [1.807, 2.05) is 0 Å². The Labute approximate surface area is 229 Å². The topological polar surface area (TPSA) is 125 Å². The molecule has 0 saturated carbocycles. The van der Waals surface area contributed by atoms with Crippen LogP contribution in [0.4, 0.5) is 28.0 Å². The third kappa shape index (κ3) is 6.46. The molecule has 9 nitrogen and oxygen atoms in total. The number of piperazine rings is 1. The minimum absolute atomic E-state index is 0.0194. The molecule has 2 aromatic carbocycles. The number of carbonyl (C=O) groups excluding carboxylic acids is 3. The number of anilines is 1. The number of unbranched alkanes of at least 4 members (excludes halogenated alkanes) is 1. The average Bonchev–Trinajstić information content (AvgIpc) is 2.90. The summed E-state index contributed by atoms with van der Waals surface area (Å²) in [6.07, 6.45) is -3.93.